The molecule has 1 aromatic heterocycles. The van der Waals surface area contributed by atoms with Crippen molar-refractivity contribution >= 4 is 29.2 Å². The molecule has 0 bridgehead atoms. The number of ether oxygens (including phenoxy) is 1. The molecule has 2 aromatic carbocycles. The van der Waals surface area contributed by atoms with Crippen LogP contribution in [0.25, 0.3) is 0 Å². The van der Waals surface area contributed by atoms with Gasteiger partial charge >= 0.3 is 0 Å². The van der Waals surface area contributed by atoms with Crippen LogP contribution in [-0.4, -0.2) is 92.2 Å². The number of anilines is 2. The Morgan fingerprint density at radius 1 is 0.897 bits per heavy atom. The largest absolute Gasteiger partial charge is 0.497 e. The Hall–Kier alpha value is -3.30. The summed E-state index contributed by atoms with van der Waals surface area (Å²) >= 11 is 1.63. The van der Waals surface area contributed by atoms with E-state index in [9.17, 15) is 4.79 Å². The second-order valence-electron chi connectivity index (χ2n) is 10.3. The van der Waals surface area contributed by atoms with Crippen molar-refractivity contribution < 1.29 is 9.53 Å². The third-order valence-corrected chi connectivity index (χ3v) is 8.61. The number of likely N-dealkylation sites (N-methyl/N-ethyl adjacent to an activating group) is 1. The summed E-state index contributed by atoms with van der Waals surface area (Å²) < 4.78 is 5.30. The molecule has 2 saturated heterocycles. The number of piperazine rings is 2. The minimum atomic E-state index is 0.119. The van der Waals surface area contributed by atoms with E-state index in [-0.39, 0.29) is 5.91 Å². The minimum absolute atomic E-state index is 0.119. The number of hydrogen-bond donors (Lipinski definition) is 0. The van der Waals surface area contributed by atoms with Gasteiger partial charge in [0.1, 0.15) is 11.6 Å². The standard InChI is InChI=1S/C30H38N6O2S/c1-22-23(2)31-30(32-28(22)35-18-16-34(17-19-35)26-8-10-27(38-4)11-9-26)39-21-24-6-5-7-25(20-24)29(37)36-14-12-33(3)13-15-36/h5-11,20H,12-19,21H2,1-4H3. The molecule has 0 radical (unpaired) electrons. The molecule has 1 amide bonds. The van der Waals surface area contributed by atoms with Gasteiger partial charge in [-0.3, -0.25) is 4.79 Å². The number of aromatic nitrogens is 2. The van der Waals surface area contributed by atoms with Crippen molar-refractivity contribution in [3.05, 3.63) is 70.9 Å². The van der Waals surface area contributed by atoms with Crippen LogP contribution in [0.2, 0.25) is 0 Å². The van der Waals surface area contributed by atoms with Crippen molar-refractivity contribution in [1.82, 2.24) is 19.8 Å². The van der Waals surface area contributed by atoms with Crippen molar-refractivity contribution in [2.24, 2.45) is 0 Å². The molecule has 0 unspecified atom stereocenters. The van der Waals surface area contributed by atoms with Gasteiger partial charge in [-0.05, 0) is 62.9 Å². The molecular formula is C30H38N6O2S. The van der Waals surface area contributed by atoms with Crippen LogP contribution in [-0.2, 0) is 5.75 Å². The lowest BCUT2D eigenvalue weighted by Gasteiger charge is -2.37. The van der Waals surface area contributed by atoms with Crippen molar-refractivity contribution in [2.45, 2.75) is 24.8 Å². The second kappa shape index (κ2) is 12.3. The Morgan fingerprint density at radius 2 is 1.59 bits per heavy atom. The molecule has 2 aliphatic heterocycles. The van der Waals surface area contributed by atoms with Gasteiger partial charge in [0.15, 0.2) is 5.16 Å². The normalized spacial score (nSPS) is 16.5. The number of hydrogen-bond acceptors (Lipinski definition) is 8. The van der Waals surface area contributed by atoms with Crippen molar-refractivity contribution in [3.63, 3.8) is 0 Å². The Bertz CT molecular complexity index is 1290. The zero-order chi connectivity index (χ0) is 27.4. The molecule has 2 aliphatic rings. The predicted octanol–water partition coefficient (Wildman–Crippen LogP) is 4.11. The highest BCUT2D eigenvalue weighted by Crippen LogP contribution is 2.28. The quantitative estimate of drug-likeness (QED) is 0.324. The molecule has 39 heavy (non-hydrogen) atoms. The molecule has 0 saturated carbocycles. The van der Waals surface area contributed by atoms with E-state index in [1.54, 1.807) is 18.9 Å². The number of benzene rings is 2. The van der Waals surface area contributed by atoms with E-state index >= 15 is 0 Å². The van der Waals surface area contributed by atoms with Crippen LogP contribution in [0.4, 0.5) is 11.5 Å². The number of aryl methyl sites for hydroxylation is 1. The highest BCUT2D eigenvalue weighted by molar-refractivity contribution is 7.98. The van der Waals surface area contributed by atoms with Crippen LogP contribution in [0.5, 0.6) is 5.75 Å². The highest BCUT2D eigenvalue weighted by Gasteiger charge is 2.23. The van der Waals surface area contributed by atoms with Crippen LogP contribution in [0.1, 0.15) is 27.2 Å². The number of carbonyl (C=O) groups excluding carboxylic acids is 1. The van der Waals surface area contributed by atoms with Crippen molar-refractivity contribution in [1.29, 1.82) is 0 Å². The van der Waals surface area contributed by atoms with E-state index in [1.165, 1.54) is 5.69 Å². The van der Waals surface area contributed by atoms with E-state index < -0.39 is 0 Å². The van der Waals surface area contributed by atoms with E-state index in [0.29, 0.717) is 0 Å². The van der Waals surface area contributed by atoms with Gasteiger partial charge in [-0.1, -0.05) is 23.9 Å². The van der Waals surface area contributed by atoms with Gasteiger partial charge < -0.3 is 24.3 Å². The molecule has 3 heterocycles. The summed E-state index contributed by atoms with van der Waals surface area (Å²) in [6, 6.07) is 16.3. The summed E-state index contributed by atoms with van der Waals surface area (Å²) in [4.78, 5) is 31.8. The first-order valence-corrected chi connectivity index (χ1v) is 14.6. The molecule has 0 spiro atoms. The van der Waals surface area contributed by atoms with Gasteiger partial charge in [0.25, 0.3) is 5.91 Å². The molecular weight excluding hydrogens is 508 g/mol. The summed E-state index contributed by atoms with van der Waals surface area (Å²) in [5, 5.41) is 0.779. The predicted molar refractivity (Wildman–Crippen MR) is 158 cm³/mol. The minimum Gasteiger partial charge on any atom is -0.497 e. The molecule has 0 N–H and O–H groups in total. The van der Waals surface area contributed by atoms with E-state index in [4.69, 9.17) is 14.7 Å². The molecule has 206 valence electrons. The lowest BCUT2D eigenvalue weighted by molar-refractivity contribution is 0.0664. The second-order valence-corrected chi connectivity index (χ2v) is 11.2. The fraction of sp³-hybridized carbons (Fsp3) is 0.433. The molecule has 9 heteroatoms. The Kier molecular flexibility index (Phi) is 8.57. The molecule has 2 fully saturated rings. The zero-order valence-corrected chi connectivity index (χ0v) is 24.2. The number of amides is 1. The van der Waals surface area contributed by atoms with Gasteiger partial charge in [0, 0.05) is 80.6 Å². The summed E-state index contributed by atoms with van der Waals surface area (Å²) in [6.45, 7) is 11.3. The van der Waals surface area contributed by atoms with E-state index in [1.807, 2.05) is 35.2 Å². The first-order valence-electron chi connectivity index (χ1n) is 13.6. The third-order valence-electron chi connectivity index (χ3n) is 7.69. The topological polar surface area (TPSA) is 65.0 Å². The maximum atomic E-state index is 13.0. The number of rotatable bonds is 7. The summed E-state index contributed by atoms with van der Waals surface area (Å²) in [5.41, 5.74) is 5.23. The Labute approximate surface area is 236 Å². The third kappa shape index (κ3) is 6.47. The monoisotopic (exact) mass is 546 g/mol. The van der Waals surface area contributed by atoms with Gasteiger partial charge in [-0.2, -0.15) is 0 Å². The lowest BCUT2D eigenvalue weighted by Crippen LogP contribution is -2.47. The fourth-order valence-electron chi connectivity index (χ4n) is 5.06. The zero-order valence-electron chi connectivity index (χ0n) is 23.4. The van der Waals surface area contributed by atoms with Crippen LogP contribution in [0.3, 0.4) is 0 Å². The van der Waals surface area contributed by atoms with Gasteiger partial charge in [0.05, 0.1) is 7.11 Å². The molecule has 5 rings (SSSR count). The average Bonchev–Trinajstić information content (AvgIpc) is 2.98. The summed E-state index contributed by atoms with van der Waals surface area (Å²) in [7, 11) is 3.79. The lowest BCUT2D eigenvalue weighted by atomic mass is 10.1. The Balaban J connectivity index is 1.22. The molecule has 0 aliphatic carbocycles. The summed E-state index contributed by atoms with van der Waals surface area (Å²) in [6.07, 6.45) is 0. The van der Waals surface area contributed by atoms with E-state index in [2.05, 4.69) is 53.8 Å². The van der Waals surface area contributed by atoms with Gasteiger partial charge in [0.2, 0.25) is 0 Å². The highest BCUT2D eigenvalue weighted by atomic mass is 32.2. The molecule has 0 atom stereocenters. The number of methoxy groups -OCH3 is 1. The van der Waals surface area contributed by atoms with Crippen molar-refractivity contribution in [3.8, 4) is 5.75 Å². The number of thioether (sulfide) groups is 1. The first-order chi connectivity index (χ1) is 18.9. The Morgan fingerprint density at radius 3 is 2.28 bits per heavy atom. The molecule has 8 nitrogen and oxygen atoms in total. The summed E-state index contributed by atoms with van der Waals surface area (Å²) in [5.74, 6) is 2.74. The van der Waals surface area contributed by atoms with E-state index in [0.717, 1.165) is 97.2 Å². The van der Waals surface area contributed by atoms with Crippen molar-refractivity contribution in [2.75, 3.05) is 76.3 Å². The van der Waals surface area contributed by atoms with Crippen LogP contribution in [0, 0.1) is 13.8 Å². The number of carbonyl (C=O) groups is 1. The first kappa shape index (κ1) is 27.3. The van der Waals surface area contributed by atoms with Crippen LogP contribution in [0.15, 0.2) is 53.7 Å². The number of nitrogens with zero attached hydrogens (tertiary/aromatic N) is 6. The maximum absolute atomic E-state index is 13.0. The van der Waals surface area contributed by atoms with Gasteiger partial charge in [-0.25, -0.2) is 9.97 Å². The average molecular weight is 547 g/mol. The smallest absolute Gasteiger partial charge is 0.253 e. The fourth-order valence-corrected chi connectivity index (χ4v) is 5.89. The van der Waals surface area contributed by atoms with Gasteiger partial charge in [-0.15, -0.1) is 0 Å². The molecule has 3 aromatic rings. The maximum Gasteiger partial charge on any atom is 0.253 e. The van der Waals surface area contributed by atoms with Crippen LogP contribution < -0.4 is 14.5 Å². The SMILES string of the molecule is COc1ccc(N2CCN(c3nc(SCc4cccc(C(=O)N5CCN(C)CC5)c4)nc(C)c3C)CC2)cc1. The van der Waals surface area contributed by atoms with Crippen LogP contribution >= 0.6 is 11.8 Å².